The highest BCUT2D eigenvalue weighted by Crippen LogP contribution is 2.18. The van der Waals surface area contributed by atoms with Crippen LogP contribution in [0.25, 0.3) is 5.57 Å². The van der Waals surface area contributed by atoms with Gasteiger partial charge in [-0.05, 0) is 23.3 Å². The summed E-state index contributed by atoms with van der Waals surface area (Å²) in [5.41, 5.74) is 1.42. The Morgan fingerprint density at radius 1 is 1.33 bits per heavy atom. The van der Waals surface area contributed by atoms with Crippen molar-refractivity contribution in [2.24, 2.45) is 0 Å². The molecular formula is C11H14O3S. The van der Waals surface area contributed by atoms with Gasteiger partial charge in [-0.1, -0.05) is 18.7 Å². The largest absolute Gasteiger partial charge is 0.497 e. The maximum Gasteiger partial charge on any atom is 0.151 e. The number of benzene rings is 1. The quantitative estimate of drug-likeness (QED) is 0.785. The van der Waals surface area contributed by atoms with Gasteiger partial charge in [0.05, 0.1) is 12.9 Å². The van der Waals surface area contributed by atoms with Crippen LogP contribution in [0.15, 0.2) is 30.8 Å². The second-order valence-corrected chi connectivity index (χ2v) is 5.54. The average Bonchev–Trinajstić information content (AvgIpc) is 2.15. The van der Waals surface area contributed by atoms with Crippen molar-refractivity contribution >= 4 is 15.4 Å². The first-order chi connectivity index (χ1) is 6.92. The fraction of sp³-hybridized carbons (Fsp3) is 0.273. The summed E-state index contributed by atoms with van der Waals surface area (Å²) in [6, 6.07) is 7.16. The predicted octanol–water partition coefficient (Wildman–Crippen LogP) is 1.75. The van der Waals surface area contributed by atoms with Crippen LogP contribution in [0.5, 0.6) is 5.75 Å². The summed E-state index contributed by atoms with van der Waals surface area (Å²) >= 11 is 0. The van der Waals surface area contributed by atoms with Gasteiger partial charge in [-0.25, -0.2) is 8.42 Å². The van der Waals surface area contributed by atoms with E-state index in [1.807, 2.05) is 0 Å². The lowest BCUT2D eigenvalue weighted by molar-refractivity contribution is 0.415. The summed E-state index contributed by atoms with van der Waals surface area (Å²) in [5, 5.41) is 0. The molecule has 0 saturated heterocycles. The first-order valence-electron chi connectivity index (χ1n) is 4.42. The Hall–Kier alpha value is -1.29. The van der Waals surface area contributed by atoms with Crippen molar-refractivity contribution < 1.29 is 13.2 Å². The third kappa shape index (κ3) is 3.75. The molecule has 0 amide bonds. The van der Waals surface area contributed by atoms with Crippen LogP contribution in [0, 0.1) is 0 Å². The molecule has 0 aliphatic carbocycles. The Morgan fingerprint density at radius 2 is 1.87 bits per heavy atom. The summed E-state index contributed by atoms with van der Waals surface area (Å²) in [7, 11) is -1.43. The molecule has 0 N–H and O–H groups in total. The number of hydrogen-bond acceptors (Lipinski definition) is 3. The SMILES string of the molecule is C=C(CS(C)(=O)=O)c1ccc(OC)cc1. The summed E-state index contributed by atoms with van der Waals surface area (Å²) < 4.78 is 27.1. The first-order valence-corrected chi connectivity index (χ1v) is 6.48. The number of ether oxygens (including phenoxy) is 1. The van der Waals surface area contributed by atoms with E-state index >= 15 is 0 Å². The molecule has 0 aliphatic rings. The Labute approximate surface area is 90.3 Å². The molecule has 0 spiro atoms. The van der Waals surface area contributed by atoms with Crippen LogP contribution in [0.1, 0.15) is 5.56 Å². The second-order valence-electron chi connectivity index (χ2n) is 3.40. The summed E-state index contributed by atoms with van der Waals surface area (Å²) in [4.78, 5) is 0. The van der Waals surface area contributed by atoms with Crippen LogP contribution in [0.2, 0.25) is 0 Å². The van der Waals surface area contributed by atoms with Gasteiger partial charge in [-0.2, -0.15) is 0 Å². The van der Waals surface area contributed by atoms with Crippen LogP contribution in [0.4, 0.5) is 0 Å². The normalized spacial score (nSPS) is 11.1. The topological polar surface area (TPSA) is 43.4 Å². The van der Waals surface area contributed by atoms with E-state index in [9.17, 15) is 8.42 Å². The minimum absolute atomic E-state index is 0.0146. The van der Waals surface area contributed by atoms with Gasteiger partial charge in [0.1, 0.15) is 5.75 Å². The van der Waals surface area contributed by atoms with Gasteiger partial charge in [-0.3, -0.25) is 0 Å². The van der Waals surface area contributed by atoms with Crippen molar-refractivity contribution in [3.63, 3.8) is 0 Å². The molecule has 4 heteroatoms. The standard InChI is InChI=1S/C11H14O3S/c1-9(8-15(3,12)13)10-4-6-11(14-2)7-5-10/h4-7H,1,8H2,2-3H3. The van der Waals surface area contributed by atoms with Crippen LogP contribution in [0.3, 0.4) is 0 Å². The van der Waals surface area contributed by atoms with E-state index in [1.54, 1.807) is 31.4 Å². The Bertz CT molecular complexity index is 443. The van der Waals surface area contributed by atoms with Crippen LogP contribution in [-0.2, 0) is 9.84 Å². The average molecular weight is 226 g/mol. The van der Waals surface area contributed by atoms with E-state index in [0.717, 1.165) is 11.3 Å². The van der Waals surface area contributed by atoms with Gasteiger partial charge in [-0.15, -0.1) is 0 Å². The third-order valence-electron chi connectivity index (χ3n) is 1.93. The second kappa shape index (κ2) is 4.49. The molecule has 0 aromatic heterocycles. The van der Waals surface area contributed by atoms with Gasteiger partial charge < -0.3 is 4.74 Å². The zero-order valence-electron chi connectivity index (χ0n) is 8.86. The van der Waals surface area contributed by atoms with E-state index < -0.39 is 9.84 Å². The lowest BCUT2D eigenvalue weighted by Gasteiger charge is -2.05. The van der Waals surface area contributed by atoms with Crippen molar-refractivity contribution in [1.29, 1.82) is 0 Å². The van der Waals surface area contributed by atoms with E-state index in [1.165, 1.54) is 6.26 Å². The summed E-state index contributed by atoms with van der Waals surface area (Å²) in [5.74, 6) is 0.727. The fourth-order valence-corrected chi connectivity index (χ4v) is 2.03. The number of sulfone groups is 1. The van der Waals surface area contributed by atoms with Gasteiger partial charge in [0, 0.05) is 6.26 Å². The van der Waals surface area contributed by atoms with E-state index in [4.69, 9.17) is 4.74 Å². The molecule has 3 nitrogen and oxygen atoms in total. The highest BCUT2D eigenvalue weighted by atomic mass is 32.2. The lowest BCUT2D eigenvalue weighted by Crippen LogP contribution is -2.04. The number of methoxy groups -OCH3 is 1. The van der Waals surface area contributed by atoms with Crippen LogP contribution >= 0.6 is 0 Å². The molecule has 0 atom stereocenters. The zero-order chi connectivity index (χ0) is 11.5. The highest BCUT2D eigenvalue weighted by molar-refractivity contribution is 7.91. The molecule has 0 heterocycles. The fourth-order valence-electron chi connectivity index (χ4n) is 1.23. The number of hydrogen-bond donors (Lipinski definition) is 0. The monoisotopic (exact) mass is 226 g/mol. The van der Waals surface area contributed by atoms with Gasteiger partial charge in [0.15, 0.2) is 9.84 Å². The summed E-state index contributed by atoms with van der Waals surface area (Å²) in [6.07, 6.45) is 1.20. The van der Waals surface area contributed by atoms with Crippen molar-refractivity contribution in [3.05, 3.63) is 36.4 Å². The molecule has 82 valence electrons. The predicted molar refractivity (Wildman–Crippen MR) is 61.7 cm³/mol. The van der Waals surface area contributed by atoms with Crippen molar-refractivity contribution in [3.8, 4) is 5.75 Å². The molecule has 15 heavy (non-hydrogen) atoms. The van der Waals surface area contributed by atoms with Crippen LogP contribution in [-0.4, -0.2) is 27.5 Å². The van der Waals surface area contributed by atoms with E-state index in [0.29, 0.717) is 5.57 Å². The molecule has 1 rings (SSSR count). The van der Waals surface area contributed by atoms with E-state index in [2.05, 4.69) is 6.58 Å². The first kappa shape index (κ1) is 11.8. The molecule has 0 radical (unpaired) electrons. The molecule has 0 aliphatic heterocycles. The minimum Gasteiger partial charge on any atom is -0.497 e. The Morgan fingerprint density at radius 3 is 2.27 bits per heavy atom. The maximum atomic E-state index is 11.1. The molecule has 0 unspecified atom stereocenters. The number of rotatable bonds is 4. The van der Waals surface area contributed by atoms with Crippen molar-refractivity contribution in [2.45, 2.75) is 0 Å². The third-order valence-corrected chi connectivity index (χ3v) is 2.81. The van der Waals surface area contributed by atoms with Gasteiger partial charge >= 0.3 is 0 Å². The summed E-state index contributed by atoms with van der Waals surface area (Å²) in [6.45, 7) is 3.75. The zero-order valence-corrected chi connectivity index (χ0v) is 9.67. The smallest absolute Gasteiger partial charge is 0.151 e. The Balaban J connectivity index is 2.84. The van der Waals surface area contributed by atoms with Crippen LogP contribution < -0.4 is 4.74 Å². The molecule has 1 aromatic rings. The van der Waals surface area contributed by atoms with Gasteiger partial charge in [0.2, 0.25) is 0 Å². The van der Waals surface area contributed by atoms with Crippen molar-refractivity contribution in [2.75, 3.05) is 19.1 Å². The molecule has 0 bridgehead atoms. The molecule has 0 saturated carbocycles. The molecule has 1 aromatic carbocycles. The van der Waals surface area contributed by atoms with Crippen molar-refractivity contribution in [1.82, 2.24) is 0 Å². The van der Waals surface area contributed by atoms with E-state index in [-0.39, 0.29) is 5.75 Å². The Kier molecular flexibility index (Phi) is 3.52. The molecular weight excluding hydrogens is 212 g/mol. The lowest BCUT2D eigenvalue weighted by atomic mass is 10.1. The minimum atomic E-state index is -3.02. The maximum absolute atomic E-state index is 11.1. The highest BCUT2D eigenvalue weighted by Gasteiger charge is 2.07. The van der Waals surface area contributed by atoms with Gasteiger partial charge in [0.25, 0.3) is 0 Å². The molecule has 0 fully saturated rings.